The van der Waals surface area contributed by atoms with Crippen molar-refractivity contribution in [3.05, 3.63) is 64.7 Å². The fourth-order valence-corrected chi connectivity index (χ4v) is 5.77. The van der Waals surface area contributed by atoms with Crippen LogP contribution in [0.5, 0.6) is 11.5 Å². The number of hydrogen-bond acceptors (Lipinski definition) is 4. The highest BCUT2D eigenvalue weighted by Crippen LogP contribution is 2.32. The van der Waals surface area contributed by atoms with Gasteiger partial charge in [0.25, 0.3) is 5.91 Å². The van der Waals surface area contributed by atoms with E-state index in [2.05, 4.69) is 47.5 Å². The first-order chi connectivity index (χ1) is 16.6. The first-order valence-electron chi connectivity index (χ1n) is 12.7. The highest BCUT2D eigenvalue weighted by atomic mass is 16.5. The van der Waals surface area contributed by atoms with Gasteiger partial charge in [0.1, 0.15) is 18.1 Å². The van der Waals surface area contributed by atoms with E-state index in [0.29, 0.717) is 18.4 Å². The molecular weight excluding hydrogens is 424 g/mol. The van der Waals surface area contributed by atoms with Gasteiger partial charge in [-0.25, -0.2) is 0 Å². The van der Waals surface area contributed by atoms with Crippen molar-refractivity contribution in [2.45, 2.75) is 51.0 Å². The normalized spacial score (nSPS) is 23.1. The number of fused-ring (bicyclic) bond motifs is 1. The van der Waals surface area contributed by atoms with Gasteiger partial charge in [0.2, 0.25) is 0 Å². The number of aryl methyl sites for hydroxylation is 1. The van der Waals surface area contributed by atoms with Gasteiger partial charge < -0.3 is 19.7 Å². The molecule has 3 aliphatic rings. The molecule has 1 saturated carbocycles. The number of hydrogen-bond donors (Lipinski definition) is 1. The smallest absolute Gasteiger partial charge is 0.250 e. The molecule has 0 spiro atoms. The third-order valence-electron chi connectivity index (χ3n) is 7.74. The molecule has 0 aromatic heterocycles. The second-order valence-corrected chi connectivity index (χ2v) is 10.2. The molecule has 1 amide bonds. The Balaban J connectivity index is 1.08. The number of methoxy groups -OCH3 is 1. The largest absolute Gasteiger partial charge is 0.497 e. The van der Waals surface area contributed by atoms with Gasteiger partial charge in [-0.1, -0.05) is 23.8 Å². The Hall–Kier alpha value is -2.79. The maximum Gasteiger partial charge on any atom is 0.250 e. The van der Waals surface area contributed by atoms with Crippen LogP contribution in [0.25, 0.3) is 6.08 Å². The number of carbonyl (C=O) groups excluding carboxylic acids is 1. The van der Waals surface area contributed by atoms with Crippen LogP contribution >= 0.6 is 0 Å². The standard InChI is InChI=1S/C29H36N2O3/c1-20-3-10-28-24(15-20)17-25(19-34-28)29(32)30-26-7-4-21(16-26)18-31-13-11-23(12-14-31)22-5-8-27(33-2)9-6-22/h3,5-6,8-10,15,17,21,23,26H,4,7,11-14,16,18-19H2,1-2H3,(H,30,32)/t21-,26+/m1/s1. The van der Waals surface area contributed by atoms with Crippen LogP contribution in [0, 0.1) is 12.8 Å². The predicted molar refractivity (Wildman–Crippen MR) is 135 cm³/mol. The van der Waals surface area contributed by atoms with Crippen molar-refractivity contribution in [1.29, 1.82) is 0 Å². The van der Waals surface area contributed by atoms with E-state index in [9.17, 15) is 4.79 Å². The Morgan fingerprint density at radius 1 is 1.09 bits per heavy atom. The molecule has 5 nitrogen and oxygen atoms in total. The molecule has 2 atom stereocenters. The molecule has 2 heterocycles. The summed E-state index contributed by atoms with van der Waals surface area (Å²) in [6.45, 7) is 5.88. The summed E-state index contributed by atoms with van der Waals surface area (Å²) in [5.41, 5.74) is 4.33. The first-order valence-corrected chi connectivity index (χ1v) is 12.7. The highest BCUT2D eigenvalue weighted by Gasteiger charge is 2.30. The van der Waals surface area contributed by atoms with Crippen molar-refractivity contribution >= 4 is 12.0 Å². The van der Waals surface area contributed by atoms with E-state index in [4.69, 9.17) is 9.47 Å². The number of nitrogens with one attached hydrogen (secondary N) is 1. The Bertz CT molecular complexity index is 1040. The Morgan fingerprint density at radius 3 is 2.65 bits per heavy atom. The molecule has 0 bridgehead atoms. The minimum atomic E-state index is 0.0260. The van der Waals surface area contributed by atoms with Gasteiger partial charge in [0.05, 0.1) is 12.7 Å². The van der Waals surface area contributed by atoms with E-state index in [0.717, 1.165) is 55.1 Å². The molecule has 1 aliphatic carbocycles. The SMILES string of the molecule is COc1ccc(C2CCN(C[C@@H]3CC[C@H](NC(=O)C4=Cc5cc(C)ccc5OC4)C3)CC2)cc1. The number of benzene rings is 2. The second-order valence-electron chi connectivity index (χ2n) is 10.2. The summed E-state index contributed by atoms with van der Waals surface area (Å²) in [5, 5.41) is 3.28. The molecule has 5 rings (SSSR count). The number of carbonyl (C=O) groups is 1. The van der Waals surface area contributed by atoms with Crippen LogP contribution in [0.15, 0.2) is 48.0 Å². The zero-order valence-corrected chi connectivity index (χ0v) is 20.4. The number of piperidine rings is 1. The third kappa shape index (κ3) is 5.30. The fraction of sp³-hybridized carbons (Fsp3) is 0.483. The monoisotopic (exact) mass is 460 g/mol. The predicted octanol–water partition coefficient (Wildman–Crippen LogP) is 4.94. The van der Waals surface area contributed by atoms with Crippen LogP contribution in [0.2, 0.25) is 0 Å². The quantitative estimate of drug-likeness (QED) is 0.663. The van der Waals surface area contributed by atoms with E-state index >= 15 is 0 Å². The van der Waals surface area contributed by atoms with Crippen molar-refractivity contribution in [2.75, 3.05) is 33.4 Å². The molecule has 2 aliphatic heterocycles. The van der Waals surface area contributed by atoms with Gasteiger partial charge in [-0.2, -0.15) is 0 Å². The van der Waals surface area contributed by atoms with E-state index in [1.165, 1.54) is 30.4 Å². The highest BCUT2D eigenvalue weighted by molar-refractivity contribution is 5.99. The van der Waals surface area contributed by atoms with Gasteiger partial charge in [-0.15, -0.1) is 0 Å². The maximum absolute atomic E-state index is 12.9. The summed E-state index contributed by atoms with van der Waals surface area (Å²) in [7, 11) is 1.72. The van der Waals surface area contributed by atoms with Gasteiger partial charge in [0, 0.05) is 18.2 Å². The van der Waals surface area contributed by atoms with Gasteiger partial charge >= 0.3 is 0 Å². The van der Waals surface area contributed by atoms with Crippen molar-refractivity contribution in [3.63, 3.8) is 0 Å². The zero-order chi connectivity index (χ0) is 23.5. The molecule has 1 saturated heterocycles. The lowest BCUT2D eigenvalue weighted by atomic mass is 9.89. The second kappa shape index (κ2) is 10.2. The molecule has 2 fully saturated rings. The summed E-state index contributed by atoms with van der Waals surface area (Å²) < 4.78 is 11.1. The molecule has 180 valence electrons. The van der Waals surface area contributed by atoms with E-state index in [-0.39, 0.29) is 11.9 Å². The summed E-state index contributed by atoms with van der Waals surface area (Å²) in [6, 6.07) is 15.0. The number of likely N-dealkylation sites (tertiary alicyclic amines) is 1. The number of amides is 1. The van der Waals surface area contributed by atoms with Crippen LogP contribution in [0.3, 0.4) is 0 Å². The zero-order valence-electron chi connectivity index (χ0n) is 20.4. The third-order valence-corrected chi connectivity index (χ3v) is 7.74. The molecule has 2 aromatic rings. The maximum atomic E-state index is 12.9. The fourth-order valence-electron chi connectivity index (χ4n) is 5.77. The lowest BCUT2D eigenvalue weighted by molar-refractivity contribution is -0.118. The van der Waals surface area contributed by atoms with Crippen molar-refractivity contribution in [1.82, 2.24) is 10.2 Å². The number of rotatable bonds is 6. The van der Waals surface area contributed by atoms with Gasteiger partial charge in [-0.05, 0) is 99.9 Å². The number of nitrogens with zero attached hydrogens (tertiary/aromatic N) is 1. The van der Waals surface area contributed by atoms with Crippen molar-refractivity contribution in [2.24, 2.45) is 5.92 Å². The molecule has 34 heavy (non-hydrogen) atoms. The minimum absolute atomic E-state index is 0.0260. The van der Waals surface area contributed by atoms with E-state index < -0.39 is 0 Å². The van der Waals surface area contributed by atoms with E-state index in [1.54, 1.807) is 7.11 Å². The summed E-state index contributed by atoms with van der Waals surface area (Å²) in [5.74, 6) is 3.13. The Labute approximate surface area is 203 Å². The lowest BCUT2D eigenvalue weighted by Crippen LogP contribution is -2.38. The van der Waals surface area contributed by atoms with Crippen LogP contribution in [0.4, 0.5) is 0 Å². The van der Waals surface area contributed by atoms with Crippen molar-refractivity contribution in [3.8, 4) is 11.5 Å². The van der Waals surface area contributed by atoms with Crippen LogP contribution in [0.1, 0.15) is 54.7 Å². The molecule has 5 heteroatoms. The molecule has 0 unspecified atom stereocenters. The first kappa shape index (κ1) is 23.0. The average molecular weight is 461 g/mol. The van der Waals surface area contributed by atoms with Crippen molar-refractivity contribution < 1.29 is 14.3 Å². The topological polar surface area (TPSA) is 50.8 Å². The summed E-state index contributed by atoms with van der Waals surface area (Å²) >= 11 is 0. The van der Waals surface area contributed by atoms with Crippen LogP contribution in [-0.4, -0.2) is 50.2 Å². The van der Waals surface area contributed by atoms with Crippen LogP contribution in [-0.2, 0) is 4.79 Å². The van der Waals surface area contributed by atoms with Gasteiger partial charge in [-0.3, -0.25) is 4.79 Å². The van der Waals surface area contributed by atoms with Crippen LogP contribution < -0.4 is 14.8 Å². The molecule has 2 aromatic carbocycles. The summed E-state index contributed by atoms with van der Waals surface area (Å²) in [4.78, 5) is 15.5. The lowest BCUT2D eigenvalue weighted by Gasteiger charge is -2.33. The molecular formula is C29H36N2O3. The summed E-state index contributed by atoms with van der Waals surface area (Å²) in [6.07, 6.45) is 7.76. The number of ether oxygens (including phenoxy) is 2. The average Bonchev–Trinajstić information content (AvgIpc) is 3.30. The molecule has 1 N–H and O–H groups in total. The Kier molecular flexibility index (Phi) is 6.91. The van der Waals surface area contributed by atoms with Gasteiger partial charge in [0.15, 0.2) is 0 Å². The Morgan fingerprint density at radius 2 is 1.88 bits per heavy atom. The van der Waals surface area contributed by atoms with E-state index in [1.807, 2.05) is 18.2 Å². The minimum Gasteiger partial charge on any atom is -0.497 e. The molecule has 0 radical (unpaired) electrons.